The van der Waals surface area contributed by atoms with Gasteiger partial charge >= 0.3 is 5.97 Å². The number of carbonyl (C=O) groups excluding carboxylic acids is 2. The third-order valence-corrected chi connectivity index (χ3v) is 5.04. The first-order valence-corrected chi connectivity index (χ1v) is 11.2. The lowest BCUT2D eigenvalue weighted by Gasteiger charge is -1.96. The van der Waals surface area contributed by atoms with Crippen molar-refractivity contribution >= 4 is 47.2 Å². The molecule has 1 amide bonds. The Hall–Kier alpha value is -4.04. The van der Waals surface area contributed by atoms with Crippen LogP contribution >= 0.6 is 23.2 Å². The molecule has 4 aromatic rings. The van der Waals surface area contributed by atoms with Crippen LogP contribution in [0.2, 0.25) is 10.0 Å². The van der Waals surface area contributed by atoms with Gasteiger partial charge in [0, 0.05) is 33.3 Å². The number of furan rings is 2. The standard InChI is InChI=1S/C14H11ClO3.C13H10ClNO3/c1-17-14(16)8-6-12-5-7-13(18-12)10-3-2-4-11(15)9-10;14-10-3-1-2-9(8-10)12-6-4-11(18-12)5-7-13(16)15-17/h2-9H,1H3;1-8,17H,(H,15,16)/b8-6+;7-5+. The Labute approximate surface area is 217 Å². The van der Waals surface area contributed by atoms with Gasteiger partial charge in [-0.05, 0) is 60.7 Å². The first kappa shape index (κ1) is 26.6. The molecule has 2 aromatic carbocycles. The Bertz CT molecular complexity index is 1280. The van der Waals surface area contributed by atoms with Gasteiger partial charge in [0.1, 0.15) is 23.0 Å². The number of amides is 1. The normalized spacial score (nSPS) is 10.8. The minimum atomic E-state index is -0.615. The fraction of sp³-hybridized carbons (Fsp3) is 0.0370. The van der Waals surface area contributed by atoms with Gasteiger partial charge in [-0.3, -0.25) is 10.0 Å². The fourth-order valence-electron chi connectivity index (χ4n) is 2.89. The molecule has 0 aliphatic carbocycles. The van der Waals surface area contributed by atoms with Crippen molar-refractivity contribution in [3.63, 3.8) is 0 Å². The quantitative estimate of drug-likeness (QED) is 0.123. The van der Waals surface area contributed by atoms with Gasteiger partial charge in [0.25, 0.3) is 5.91 Å². The number of hydroxylamine groups is 1. The molecule has 2 heterocycles. The Kier molecular flexibility index (Phi) is 9.71. The third kappa shape index (κ3) is 8.02. The predicted octanol–water partition coefficient (Wildman–Crippen LogP) is 6.90. The Morgan fingerprint density at radius 2 is 1.31 bits per heavy atom. The molecule has 0 saturated heterocycles. The van der Waals surface area contributed by atoms with Crippen molar-refractivity contribution < 1.29 is 28.4 Å². The van der Waals surface area contributed by atoms with Gasteiger partial charge in [-0.2, -0.15) is 0 Å². The summed E-state index contributed by atoms with van der Waals surface area (Å²) in [4.78, 5) is 21.7. The number of benzene rings is 2. The largest absolute Gasteiger partial charge is 0.466 e. The van der Waals surface area contributed by atoms with E-state index in [2.05, 4.69) is 4.74 Å². The average Bonchev–Trinajstić information content (AvgIpc) is 3.56. The van der Waals surface area contributed by atoms with Gasteiger partial charge in [-0.15, -0.1) is 0 Å². The highest BCUT2D eigenvalue weighted by Crippen LogP contribution is 2.26. The number of hydrogen-bond donors (Lipinski definition) is 2. The molecular weight excluding hydrogens is 505 g/mol. The van der Waals surface area contributed by atoms with Crippen molar-refractivity contribution in [2.24, 2.45) is 0 Å². The van der Waals surface area contributed by atoms with Crippen LogP contribution in [0.5, 0.6) is 0 Å². The van der Waals surface area contributed by atoms with Gasteiger partial charge in [-0.25, -0.2) is 10.3 Å². The smallest absolute Gasteiger partial charge is 0.330 e. The van der Waals surface area contributed by atoms with Crippen molar-refractivity contribution in [2.45, 2.75) is 0 Å². The average molecular weight is 526 g/mol. The molecule has 4 rings (SSSR count). The number of nitrogens with one attached hydrogen (secondary N) is 1. The molecule has 0 fully saturated rings. The summed E-state index contributed by atoms with van der Waals surface area (Å²) in [5.74, 6) is 1.40. The zero-order valence-electron chi connectivity index (χ0n) is 19.0. The molecule has 9 heteroatoms. The Morgan fingerprint density at radius 3 is 1.75 bits per heavy atom. The van der Waals surface area contributed by atoms with Crippen molar-refractivity contribution in [2.75, 3.05) is 7.11 Å². The van der Waals surface area contributed by atoms with Crippen molar-refractivity contribution in [3.8, 4) is 22.6 Å². The lowest BCUT2D eigenvalue weighted by molar-refractivity contribution is -0.134. The molecule has 2 aromatic heterocycles. The summed E-state index contributed by atoms with van der Waals surface area (Å²) < 4.78 is 15.6. The van der Waals surface area contributed by atoms with E-state index < -0.39 is 11.9 Å². The van der Waals surface area contributed by atoms with Crippen LogP contribution in [-0.4, -0.2) is 24.2 Å². The van der Waals surface area contributed by atoms with E-state index in [1.807, 2.05) is 36.4 Å². The molecule has 2 N–H and O–H groups in total. The topological polar surface area (TPSA) is 102 Å². The Balaban J connectivity index is 0.000000201. The van der Waals surface area contributed by atoms with Crippen LogP contribution in [0.25, 0.3) is 34.8 Å². The van der Waals surface area contributed by atoms with Crippen LogP contribution in [0.1, 0.15) is 11.5 Å². The highest BCUT2D eigenvalue weighted by molar-refractivity contribution is 6.31. The molecule has 0 bridgehead atoms. The molecule has 0 unspecified atom stereocenters. The van der Waals surface area contributed by atoms with Gasteiger partial charge in [0.2, 0.25) is 0 Å². The second kappa shape index (κ2) is 13.2. The van der Waals surface area contributed by atoms with Crippen molar-refractivity contribution in [3.05, 3.63) is 107 Å². The monoisotopic (exact) mass is 525 g/mol. The fourth-order valence-corrected chi connectivity index (χ4v) is 3.27. The number of halogens is 2. The van der Waals surface area contributed by atoms with Crippen LogP contribution < -0.4 is 5.48 Å². The highest BCUT2D eigenvalue weighted by atomic mass is 35.5. The zero-order valence-corrected chi connectivity index (χ0v) is 20.5. The molecule has 184 valence electrons. The van der Waals surface area contributed by atoms with Gasteiger partial charge in [-0.1, -0.05) is 47.5 Å². The van der Waals surface area contributed by atoms with E-state index in [0.29, 0.717) is 33.1 Å². The van der Waals surface area contributed by atoms with Crippen molar-refractivity contribution in [1.29, 1.82) is 0 Å². The highest BCUT2D eigenvalue weighted by Gasteiger charge is 2.05. The first-order chi connectivity index (χ1) is 17.4. The van der Waals surface area contributed by atoms with E-state index in [0.717, 1.165) is 11.1 Å². The summed E-state index contributed by atoms with van der Waals surface area (Å²) >= 11 is 11.8. The van der Waals surface area contributed by atoms with E-state index in [4.69, 9.17) is 37.2 Å². The van der Waals surface area contributed by atoms with E-state index >= 15 is 0 Å². The number of carbonyl (C=O) groups is 2. The molecule has 0 spiro atoms. The van der Waals surface area contributed by atoms with E-state index in [9.17, 15) is 9.59 Å². The maximum absolute atomic E-state index is 10.9. The SMILES string of the molecule is COC(=O)/C=C/c1ccc(-c2cccc(Cl)c2)o1.O=C(/C=C/c1ccc(-c2cccc(Cl)c2)o1)NO. The zero-order chi connectivity index (χ0) is 25.9. The number of rotatable bonds is 6. The van der Waals surface area contributed by atoms with E-state index in [1.54, 1.807) is 42.5 Å². The number of esters is 1. The van der Waals surface area contributed by atoms with Crippen LogP contribution in [0.15, 0.2) is 93.8 Å². The van der Waals surface area contributed by atoms with E-state index in [-0.39, 0.29) is 0 Å². The summed E-state index contributed by atoms with van der Waals surface area (Å²) in [6.07, 6.45) is 5.49. The summed E-state index contributed by atoms with van der Waals surface area (Å²) in [6.45, 7) is 0. The minimum Gasteiger partial charge on any atom is -0.466 e. The van der Waals surface area contributed by atoms with Gasteiger partial charge in [0.05, 0.1) is 7.11 Å². The van der Waals surface area contributed by atoms with E-state index in [1.165, 1.54) is 30.8 Å². The maximum Gasteiger partial charge on any atom is 0.330 e. The first-order valence-electron chi connectivity index (χ1n) is 10.5. The summed E-state index contributed by atoms with van der Waals surface area (Å²) in [5, 5.41) is 9.60. The summed E-state index contributed by atoms with van der Waals surface area (Å²) in [7, 11) is 1.33. The molecule has 0 atom stereocenters. The Morgan fingerprint density at radius 1 is 0.806 bits per heavy atom. The second-order valence-corrected chi connectivity index (χ2v) is 7.96. The molecule has 0 saturated carbocycles. The number of methoxy groups -OCH3 is 1. The van der Waals surface area contributed by atoms with Crippen molar-refractivity contribution in [1.82, 2.24) is 5.48 Å². The van der Waals surface area contributed by atoms with Crippen LogP contribution in [-0.2, 0) is 14.3 Å². The molecular formula is C27H21Cl2NO6. The lowest BCUT2D eigenvalue weighted by atomic mass is 10.2. The maximum atomic E-state index is 10.9. The molecule has 36 heavy (non-hydrogen) atoms. The molecule has 0 aliphatic heterocycles. The van der Waals surface area contributed by atoms with Crippen LogP contribution in [0, 0.1) is 0 Å². The predicted molar refractivity (Wildman–Crippen MR) is 138 cm³/mol. The number of hydrogen-bond acceptors (Lipinski definition) is 6. The minimum absolute atomic E-state index is 0.421. The van der Waals surface area contributed by atoms with Gasteiger partial charge < -0.3 is 13.6 Å². The summed E-state index contributed by atoms with van der Waals surface area (Å²) in [6, 6.07) is 21.7. The third-order valence-electron chi connectivity index (χ3n) is 4.57. The summed E-state index contributed by atoms with van der Waals surface area (Å²) in [5.41, 5.74) is 3.24. The second-order valence-electron chi connectivity index (χ2n) is 7.09. The molecule has 0 radical (unpaired) electrons. The van der Waals surface area contributed by atoms with Crippen LogP contribution in [0.3, 0.4) is 0 Å². The van der Waals surface area contributed by atoms with Gasteiger partial charge in [0.15, 0.2) is 0 Å². The lowest BCUT2D eigenvalue weighted by Crippen LogP contribution is -2.14. The van der Waals surface area contributed by atoms with Crippen LogP contribution in [0.4, 0.5) is 0 Å². The molecule has 0 aliphatic rings. The molecule has 7 nitrogen and oxygen atoms in total. The number of ether oxygens (including phenoxy) is 1.